The SMILES string of the molecule is COc1cccc(CCCC2CCN(C(=O)OC(C)(C)C)CC2)c1. The summed E-state index contributed by atoms with van der Waals surface area (Å²) in [4.78, 5) is 13.9. The maximum absolute atomic E-state index is 12.1. The molecule has 1 amide bonds. The molecule has 0 atom stereocenters. The van der Waals surface area contributed by atoms with Gasteiger partial charge in [-0.05, 0) is 76.5 Å². The highest BCUT2D eigenvalue weighted by Gasteiger charge is 2.26. The van der Waals surface area contributed by atoms with Gasteiger partial charge in [-0.3, -0.25) is 0 Å². The zero-order chi connectivity index (χ0) is 17.6. The first kappa shape index (κ1) is 18.6. The van der Waals surface area contributed by atoms with Crippen LogP contribution < -0.4 is 4.74 Å². The summed E-state index contributed by atoms with van der Waals surface area (Å²) in [5, 5.41) is 0. The minimum absolute atomic E-state index is 0.169. The number of hydrogen-bond donors (Lipinski definition) is 0. The van der Waals surface area contributed by atoms with Gasteiger partial charge in [-0.15, -0.1) is 0 Å². The molecular formula is C20H31NO3. The minimum Gasteiger partial charge on any atom is -0.497 e. The van der Waals surface area contributed by atoms with E-state index in [9.17, 15) is 4.79 Å². The maximum Gasteiger partial charge on any atom is 0.410 e. The number of likely N-dealkylation sites (tertiary alicyclic amines) is 1. The van der Waals surface area contributed by atoms with Gasteiger partial charge in [0.1, 0.15) is 11.4 Å². The van der Waals surface area contributed by atoms with Gasteiger partial charge in [0.25, 0.3) is 0 Å². The first-order valence-corrected chi connectivity index (χ1v) is 8.98. The number of methoxy groups -OCH3 is 1. The van der Waals surface area contributed by atoms with Crippen LogP contribution in [0.5, 0.6) is 5.75 Å². The van der Waals surface area contributed by atoms with Crippen molar-refractivity contribution in [2.75, 3.05) is 20.2 Å². The van der Waals surface area contributed by atoms with Crippen molar-refractivity contribution in [2.45, 2.75) is 58.5 Å². The van der Waals surface area contributed by atoms with Crippen LogP contribution in [0, 0.1) is 5.92 Å². The molecule has 1 saturated heterocycles. The summed E-state index contributed by atoms with van der Waals surface area (Å²) in [6.45, 7) is 7.38. The fourth-order valence-corrected chi connectivity index (χ4v) is 3.15. The van der Waals surface area contributed by atoms with Gasteiger partial charge in [-0.2, -0.15) is 0 Å². The molecule has 0 N–H and O–H groups in total. The molecule has 1 aromatic rings. The first-order chi connectivity index (χ1) is 11.4. The van der Waals surface area contributed by atoms with Crippen LogP contribution in [0.15, 0.2) is 24.3 Å². The number of aryl methyl sites for hydroxylation is 1. The predicted octanol–water partition coefficient (Wildman–Crippen LogP) is 4.67. The quantitative estimate of drug-likeness (QED) is 0.786. The van der Waals surface area contributed by atoms with Gasteiger partial charge in [0.2, 0.25) is 0 Å². The van der Waals surface area contributed by atoms with Crippen LogP contribution in [0.2, 0.25) is 0 Å². The third-order valence-corrected chi connectivity index (χ3v) is 4.48. The van der Waals surface area contributed by atoms with Gasteiger partial charge < -0.3 is 14.4 Å². The number of rotatable bonds is 5. The lowest BCUT2D eigenvalue weighted by Gasteiger charge is -2.33. The average Bonchev–Trinajstić information content (AvgIpc) is 2.54. The predicted molar refractivity (Wildman–Crippen MR) is 96.5 cm³/mol. The van der Waals surface area contributed by atoms with Crippen LogP contribution in [0.25, 0.3) is 0 Å². The van der Waals surface area contributed by atoms with Crippen molar-refractivity contribution in [2.24, 2.45) is 5.92 Å². The summed E-state index contributed by atoms with van der Waals surface area (Å²) in [7, 11) is 1.71. The maximum atomic E-state index is 12.1. The number of hydrogen-bond acceptors (Lipinski definition) is 3. The number of amides is 1. The fraction of sp³-hybridized carbons (Fsp3) is 0.650. The van der Waals surface area contributed by atoms with Gasteiger partial charge in [0.05, 0.1) is 7.11 Å². The van der Waals surface area contributed by atoms with Crippen LogP contribution in [-0.2, 0) is 11.2 Å². The third-order valence-electron chi connectivity index (χ3n) is 4.48. The third kappa shape index (κ3) is 6.06. The highest BCUT2D eigenvalue weighted by molar-refractivity contribution is 5.68. The Bertz CT molecular complexity index is 528. The average molecular weight is 333 g/mol. The van der Waals surface area contributed by atoms with E-state index in [1.54, 1.807) is 7.11 Å². The molecule has 0 saturated carbocycles. The first-order valence-electron chi connectivity index (χ1n) is 8.98. The molecular weight excluding hydrogens is 302 g/mol. The molecule has 134 valence electrons. The van der Waals surface area contributed by atoms with Crippen LogP contribution in [0.4, 0.5) is 4.79 Å². The monoisotopic (exact) mass is 333 g/mol. The van der Waals surface area contributed by atoms with Crippen molar-refractivity contribution in [3.8, 4) is 5.75 Å². The van der Waals surface area contributed by atoms with Crippen LogP contribution in [0.3, 0.4) is 0 Å². The van der Waals surface area contributed by atoms with E-state index in [1.165, 1.54) is 18.4 Å². The second-order valence-corrected chi connectivity index (χ2v) is 7.65. The van der Waals surface area contributed by atoms with E-state index < -0.39 is 5.60 Å². The lowest BCUT2D eigenvalue weighted by atomic mass is 9.91. The normalized spacial score (nSPS) is 16.1. The largest absolute Gasteiger partial charge is 0.497 e. The zero-order valence-corrected chi connectivity index (χ0v) is 15.5. The number of ether oxygens (including phenoxy) is 2. The summed E-state index contributed by atoms with van der Waals surface area (Å²) in [6, 6.07) is 8.31. The second kappa shape index (κ2) is 8.41. The summed E-state index contributed by atoms with van der Waals surface area (Å²) >= 11 is 0. The van der Waals surface area contributed by atoms with Crippen LogP contribution in [0.1, 0.15) is 52.0 Å². The van der Waals surface area contributed by atoms with E-state index in [0.29, 0.717) is 5.92 Å². The van der Waals surface area contributed by atoms with Crippen molar-refractivity contribution >= 4 is 6.09 Å². The van der Waals surface area contributed by atoms with Crippen molar-refractivity contribution < 1.29 is 14.3 Å². The Morgan fingerprint density at radius 2 is 1.96 bits per heavy atom. The van der Waals surface area contributed by atoms with Gasteiger partial charge in [-0.1, -0.05) is 12.1 Å². The van der Waals surface area contributed by atoms with Gasteiger partial charge in [0, 0.05) is 13.1 Å². The van der Waals surface area contributed by atoms with E-state index in [1.807, 2.05) is 37.8 Å². The lowest BCUT2D eigenvalue weighted by molar-refractivity contribution is 0.0180. The zero-order valence-electron chi connectivity index (χ0n) is 15.5. The highest BCUT2D eigenvalue weighted by atomic mass is 16.6. The molecule has 1 aromatic carbocycles. The molecule has 0 aromatic heterocycles. The Labute approximate surface area is 146 Å². The Hall–Kier alpha value is -1.71. The van der Waals surface area contributed by atoms with Crippen molar-refractivity contribution in [1.29, 1.82) is 0 Å². The summed E-state index contributed by atoms with van der Waals surface area (Å²) in [5.41, 5.74) is 0.922. The number of piperidine rings is 1. The van der Waals surface area contributed by atoms with E-state index in [4.69, 9.17) is 9.47 Å². The molecule has 0 aliphatic carbocycles. The molecule has 4 nitrogen and oxygen atoms in total. The smallest absolute Gasteiger partial charge is 0.410 e. The summed E-state index contributed by atoms with van der Waals surface area (Å²) < 4.78 is 10.7. The second-order valence-electron chi connectivity index (χ2n) is 7.65. The molecule has 1 aliphatic heterocycles. The molecule has 0 unspecified atom stereocenters. The van der Waals surface area contributed by atoms with Gasteiger partial charge in [0.15, 0.2) is 0 Å². The van der Waals surface area contributed by atoms with E-state index in [0.717, 1.165) is 38.1 Å². The lowest BCUT2D eigenvalue weighted by Crippen LogP contribution is -2.41. The molecule has 0 radical (unpaired) electrons. The Balaban J connectivity index is 1.68. The molecule has 2 rings (SSSR count). The van der Waals surface area contributed by atoms with Crippen molar-refractivity contribution in [3.05, 3.63) is 29.8 Å². The number of carbonyl (C=O) groups is 1. The van der Waals surface area contributed by atoms with E-state index >= 15 is 0 Å². The summed E-state index contributed by atoms with van der Waals surface area (Å²) in [6.07, 6.45) is 5.49. The van der Waals surface area contributed by atoms with Crippen LogP contribution in [-0.4, -0.2) is 36.8 Å². The van der Waals surface area contributed by atoms with Crippen molar-refractivity contribution in [3.63, 3.8) is 0 Å². The minimum atomic E-state index is -0.412. The number of nitrogens with zero attached hydrogens (tertiary/aromatic N) is 1. The van der Waals surface area contributed by atoms with Crippen LogP contribution >= 0.6 is 0 Å². The standard InChI is InChI=1S/C20H31NO3/c1-20(2,3)24-19(22)21-13-11-16(12-14-21)7-5-8-17-9-6-10-18(15-17)23-4/h6,9-10,15-16H,5,7-8,11-14H2,1-4H3. The molecule has 0 spiro atoms. The molecule has 0 bridgehead atoms. The molecule has 1 aliphatic rings. The summed E-state index contributed by atoms with van der Waals surface area (Å²) in [5.74, 6) is 1.65. The van der Waals surface area contributed by atoms with Gasteiger partial charge >= 0.3 is 6.09 Å². The Morgan fingerprint density at radius 3 is 2.58 bits per heavy atom. The fourth-order valence-electron chi connectivity index (χ4n) is 3.15. The molecule has 24 heavy (non-hydrogen) atoms. The topological polar surface area (TPSA) is 38.8 Å². The van der Waals surface area contributed by atoms with Crippen molar-refractivity contribution in [1.82, 2.24) is 4.90 Å². The molecule has 1 fully saturated rings. The molecule has 4 heteroatoms. The Morgan fingerprint density at radius 1 is 1.25 bits per heavy atom. The number of carbonyl (C=O) groups excluding carboxylic acids is 1. The van der Waals surface area contributed by atoms with E-state index in [2.05, 4.69) is 12.1 Å². The molecule has 1 heterocycles. The number of benzene rings is 1. The Kier molecular flexibility index (Phi) is 6.52. The highest BCUT2D eigenvalue weighted by Crippen LogP contribution is 2.24. The van der Waals surface area contributed by atoms with Gasteiger partial charge in [-0.25, -0.2) is 4.79 Å². The van der Waals surface area contributed by atoms with E-state index in [-0.39, 0.29) is 6.09 Å².